The predicted octanol–water partition coefficient (Wildman–Crippen LogP) is 3.78. The maximum absolute atomic E-state index is 12.6. The second kappa shape index (κ2) is 9.31. The number of nitrogens with zero attached hydrogens (tertiary/aromatic N) is 3. The Morgan fingerprint density at radius 1 is 1.14 bits per heavy atom. The summed E-state index contributed by atoms with van der Waals surface area (Å²) in [6.45, 7) is 4.35. The molecular formula is C22H22N4OS2. The van der Waals surface area contributed by atoms with Crippen molar-refractivity contribution in [3.63, 3.8) is 0 Å². The summed E-state index contributed by atoms with van der Waals surface area (Å²) >= 11 is 3.10. The summed E-state index contributed by atoms with van der Waals surface area (Å²) in [5.41, 5.74) is 2.90. The Labute approximate surface area is 179 Å². The van der Waals surface area contributed by atoms with Gasteiger partial charge in [0.15, 0.2) is 4.34 Å². The van der Waals surface area contributed by atoms with E-state index in [1.807, 2.05) is 36.4 Å². The zero-order chi connectivity index (χ0) is 20.1. The van der Waals surface area contributed by atoms with Gasteiger partial charge >= 0.3 is 0 Å². The number of anilines is 2. The van der Waals surface area contributed by atoms with E-state index in [1.165, 1.54) is 11.8 Å². The highest BCUT2D eigenvalue weighted by molar-refractivity contribution is 8.01. The minimum absolute atomic E-state index is 0.0207. The Morgan fingerprint density at radius 2 is 1.90 bits per heavy atom. The zero-order valence-electron chi connectivity index (χ0n) is 16.0. The van der Waals surface area contributed by atoms with Gasteiger partial charge < -0.3 is 10.2 Å². The lowest BCUT2D eigenvalue weighted by molar-refractivity contribution is -0.113. The molecule has 5 nitrogen and oxygen atoms in total. The number of hydrogen-bond acceptors (Lipinski definition) is 6. The van der Waals surface area contributed by atoms with Gasteiger partial charge in [-0.3, -0.25) is 9.69 Å². The zero-order valence-corrected chi connectivity index (χ0v) is 17.6. The third-order valence-electron chi connectivity index (χ3n) is 4.81. The highest BCUT2D eigenvalue weighted by atomic mass is 32.2. The maximum Gasteiger partial charge on any atom is 0.234 e. The van der Waals surface area contributed by atoms with Gasteiger partial charge in [-0.1, -0.05) is 41.9 Å². The Hall–Kier alpha value is -2.53. The van der Waals surface area contributed by atoms with Crippen molar-refractivity contribution >= 4 is 50.6 Å². The molecule has 7 heteroatoms. The second-order valence-electron chi connectivity index (χ2n) is 6.77. The number of benzene rings is 2. The quantitative estimate of drug-likeness (QED) is 0.484. The molecule has 0 aliphatic carbocycles. The van der Waals surface area contributed by atoms with Crippen LogP contribution in [0.25, 0.3) is 10.2 Å². The van der Waals surface area contributed by atoms with Crippen LogP contribution in [0.15, 0.2) is 52.9 Å². The van der Waals surface area contributed by atoms with E-state index >= 15 is 0 Å². The molecule has 1 aromatic heterocycles. The molecule has 0 atom stereocenters. The van der Waals surface area contributed by atoms with Gasteiger partial charge in [0, 0.05) is 26.2 Å². The minimum Gasteiger partial charge on any atom is -0.367 e. The summed E-state index contributed by atoms with van der Waals surface area (Å²) in [5, 5.41) is 3.08. The van der Waals surface area contributed by atoms with Crippen LogP contribution in [0.3, 0.4) is 0 Å². The normalized spacial score (nSPS) is 14.7. The molecule has 4 rings (SSSR count). The molecule has 0 spiro atoms. The fourth-order valence-corrected chi connectivity index (χ4v) is 5.23. The molecule has 2 heterocycles. The number of terminal acetylenes is 1. The van der Waals surface area contributed by atoms with Crippen molar-refractivity contribution in [2.75, 3.05) is 48.7 Å². The van der Waals surface area contributed by atoms with Crippen molar-refractivity contribution in [3.8, 4) is 12.3 Å². The number of para-hydroxylation sites is 3. The number of thioether (sulfide) groups is 1. The van der Waals surface area contributed by atoms with Crippen LogP contribution in [0.1, 0.15) is 0 Å². The van der Waals surface area contributed by atoms with E-state index in [1.54, 1.807) is 11.3 Å². The number of thiazole rings is 1. The molecule has 1 fully saturated rings. The summed E-state index contributed by atoms with van der Waals surface area (Å²) in [4.78, 5) is 21.7. The van der Waals surface area contributed by atoms with E-state index in [-0.39, 0.29) is 5.91 Å². The van der Waals surface area contributed by atoms with Crippen LogP contribution in [0, 0.1) is 12.3 Å². The molecule has 0 saturated carbocycles. The van der Waals surface area contributed by atoms with Gasteiger partial charge in [0.25, 0.3) is 0 Å². The predicted molar refractivity (Wildman–Crippen MR) is 123 cm³/mol. The van der Waals surface area contributed by atoms with Crippen LogP contribution >= 0.6 is 23.1 Å². The fourth-order valence-electron chi connectivity index (χ4n) is 3.36. The Balaban J connectivity index is 1.36. The third-order valence-corrected chi connectivity index (χ3v) is 6.99. The number of rotatable bonds is 6. The highest BCUT2D eigenvalue weighted by Gasteiger charge is 2.19. The van der Waals surface area contributed by atoms with Gasteiger partial charge in [0.2, 0.25) is 5.91 Å². The minimum atomic E-state index is -0.0207. The average Bonchev–Trinajstić information content (AvgIpc) is 3.17. The molecular weight excluding hydrogens is 400 g/mol. The SMILES string of the molecule is C#CCN1CCN(c2ccccc2NC(=O)CSc2nc3ccccc3s2)CC1. The number of piperazine rings is 1. The molecule has 1 aliphatic heterocycles. The molecule has 1 saturated heterocycles. The molecule has 29 heavy (non-hydrogen) atoms. The number of amides is 1. The standard InChI is InChI=1S/C22H22N4OS2/c1-2-11-25-12-14-26(15-13-25)19-9-5-3-7-17(19)23-21(27)16-28-22-24-18-8-4-6-10-20(18)29-22/h1,3-10H,11-16H2,(H,23,27). The lowest BCUT2D eigenvalue weighted by Gasteiger charge is -2.36. The van der Waals surface area contributed by atoms with Crippen LogP contribution in [-0.2, 0) is 4.79 Å². The Bertz CT molecular complexity index is 1000. The van der Waals surface area contributed by atoms with Gasteiger partial charge in [-0.25, -0.2) is 4.98 Å². The lowest BCUT2D eigenvalue weighted by atomic mass is 10.2. The molecule has 1 N–H and O–H groups in total. The Kier molecular flexibility index (Phi) is 6.35. The van der Waals surface area contributed by atoms with Gasteiger partial charge in [0.1, 0.15) is 0 Å². The van der Waals surface area contributed by atoms with E-state index in [0.717, 1.165) is 52.1 Å². The smallest absolute Gasteiger partial charge is 0.234 e. The number of aromatic nitrogens is 1. The van der Waals surface area contributed by atoms with Crippen molar-refractivity contribution in [3.05, 3.63) is 48.5 Å². The van der Waals surface area contributed by atoms with Gasteiger partial charge in [-0.2, -0.15) is 0 Å². The van der Waals surface area contributed by atoms with Crippen molar-refractivity contribution in [2.24, 2.45) is 0 Å². The van der Waals surface area contributed by atoms with Crippen LogP contribution in [0.4, 0.5) is 11.4 Å². The first-order chi connectivity index (χ1) is 14.2. The van der Waals surface area contributed by atoms with E-state index in [4.69, 9.17) is 6.42 Å². The summed E-state index contributed by atoms with van der Waals surface area (Å²) in [5.74, 6) is 3.03. The lowest BCUT2D eigenvalue weighted by Crippen LogP contribution is -2.46. The number of nitrogens with one attached hydrogen (secondary N) is 1. The summed E-state index contributed by atoms with van der Waals surface area (Å²) in [7, 11) is 0. The topological polar surface area (TPSA) is 48.5 Å². The number of carbonyl (C=O) groups is 1. The monoisotopic (exact) mass is 422 g/mol. The van der Waals surface area contributed by atoms with E-state index in [2.05, 4.69) is 38.2 Å². The van der Waals surface area contributed by atoms with Gasteiger partial charge in [-0.05, 0) is 24.3 Å². The number of fused-ring (bicyclic) bond motifs is 1. The van der Waals surface area contributed by atoms with Crippen molar-refractivity contribution in [1.82, 2.24) is 9.88 Å². The maximum atomic E-state index is 12.6. The largest absolute Gasteiger partial charge is 0.367 e. The first-order valence-corrected chi connectivity index (χ1v) is 11.3. The van der Waals surface area contributed by atoms with E-state index in [9.17, 15) is 4.79 Å². The molecule has 148 valence electrons. The molecule has 0 bridgehead atoms. The van der Waals surface area contributed by atoms with Crippen LogP contribution in [0.2, 0.25) is 0 Å². The number of hydrogen-bond donors (Lipinski definition) is 1. The van der Waals surface area contributed by atoms with Crippen molar-refractivity contribution < 1.29 is 4.79 Å². The van der Waals surface area contributed by atoms with E-state index in [0.29, 0.717) is 12.3 Å². The van der Waals surface area contributed by atoms with Crippen LogP contribution in [-0.4, -0.2) is 54.3 Å². The molecule has 0 radical (unpaired) electrons. The highest BCUT2D eigenvalue weighted by Crippen LogP contribution is 2.30. The van der Waals surface area contributed by atoms with Gasteiger partial charge in [0.05, 0.1) is 33.9 Å². The first-order valence-electron chi connectivity index (χ1n) is 9.51. The average molecular weight is 423 g/mol. The third kappa shape index (κ3) is 4.91. The first kappa shape index (κ1) is 19.8. The van der Waals surface area contributed by atoms with Crippen LogP contribution in [0.5, 0.6) is 0 Å². The van der Waals surface area contributed by atoms with E-state index < -0.39 is 0 Å². The molecule has 0 unspecified atom stereocenters. The molecule has 1 amide bonds. The summed E-state index contributed by atoms with van der Waals surface area (Å²) < 4.78 is 2.06. The van der Waals surface area contributed by atoms with Gasteiger partial charge in [-0.15, -0.1) is 17.8 Å². The summed E-state index contributed by atoms with van der Waals surface area (Å²) in [6, 6.07) is 16.0. The second-order valence-corrected chi connectivity index (χ2v) is 9.02. The van der Waals surface area contributed by atoms with Crippen LogP contribution < -0.4 is 10.2 Å². The molecule has 3 aromatic rings. The summed E-state index contributed by atoms with van der Waals surface area (Å²) in [6.07, 6.45) is 5.42. The fraction of sp³-hybridized carbons (Fsp3) is 0.273. The number of carbonyl (C=O) groups excluding carboxylic acids is 1. The van der Waals surface area contributed by atoms with Crippen molar-refractivity contribution in [1.29, 1.82) is 0 Å². The van der Waals surface area contributed by atoms with Crippen molar-refractivity contribution in [2.45, 2.75) is 4.34 Å². The molecule has 1 aliphatic rings. The Morgan fingerprint density at radius 3 is 2.69 bits per heavy atom. The molecule has 2 aromatic carbocycles.